The van der Waals surface area contributed by atoms with Crippen LogP contribution in [-0.2, 0) is 0 Å². The third-order valence-electron chi connectivity index (χ3n) is 10.5. The minimum absolute atomic E-state index is 0.631. The first-order valence-electron chi connectivity index (χ1n) is 18.9. The van der Waals surface area contributed by atoms with E-state index in [1.807, 2.05) is 12.1 Å². The molecule has 264 valence electrons. The van der Waals surface area contributed by atoms with Gasteiger partial charge in [0.15, 0.2) is 0 Å². The van der Waals surface area contributed by atoms with Gasteiger partial charge in [-0.2, -0.15) is 0 Å². The first kappa shape index (κ1) is 33.0. The van der Waals surface area contributed by atoms with Crippen LogP contribution in [0, 0.1) is 0 Å². The number of rotatable bonds is 8. The van der Waals surface area contributed by atoms with Gasteiger partial charge in [-0.1, -0.05) is 152 Å². The summed E-state index contributed by atoms with van der Waals surface area (Å²) >= 11 is 0. The van der Waals surface area contributed by atoms with Crippen molar-refractivity contribution in [3.8, 4) is 28.3 Å². The molecule has 10 rings (SSSR count). The predicted octanol–water partition coefficient (Wildman–Crippen LogP) is 13.9. The molecular weight excluding hydrogens is 681 g/mol. The third kappa shape index (κ3) is 5.72. The van der Waals surface area contributed by atoms with E-state index in [-0.39, 0.29) is 0 Å². The molecule has 2 aromatic heterocycles. The number of nitrogens with zero attached hydrogens (tertiary/aromatic N) is 4. The van der Waals surface area contributed by atoms with Gasteiger partial charge in [-0.25, -0.2) is 9.97 Å². The smallest absolute Gasteiger partial charge is 0.235 e. The third-order valence-corrected chi connectivity index (χ3v) is 10.5. The molecule has 4 heteroatoms. The van der Waals surface area contributed by atoms with Crippen molar-refractivity contribution in [2.24, 2.45) is 0 Å². The maximum atomic E-state index is 5.42. The number of anilines is 3. The lowest BCUT2D eigenvalue weighted by Gasteiger charge is -2.26. The second-order valence-electron chi connectivity index (χ2n) is 13.9. The summed E-state index contributed by atoms with van der Waals surface area (Å²) in [4.78, 5) is 13.0. The van der Waals surface area contributed by atoms with E-state index >= 15 is 0 Å². The second-order valence-corrected chi connectivity index (χ2v) is 13.9. The minimum Gasteiger partial charge on any atom is -0.310 e. The van der Waals surface area contributed by atoms with Crippen LogP contribution >= 0.6 is 0 Å². The van der Waals surface area contributed by atoms with E-state index in [0.717, 1.165) is 72.3 Å². The molecule has 0 aliphatic heterocycles. The molecule has 0 radical (unpaired) electrons. The summed E-state index contributed by atoms with van der Waals surface area (Å²) in [5, 5.41) is 5.72. The molecule has 56 heavy (non-hydrogen) atoms. The molecule has 8 aromatic carbocycles. The molecule has 4 nitrogen and oxygen atoms in total. The fraction of sp³-hybridized carbons (Fsp3) is 0. The highest BCUT2D eigenvalue weighted by molar-refractivity contribution is 6.24. The van der Waals surface area contributed by atoms with Crippen LogP contribution in [0.2, 0.25) is 0 Å². The van der Waals surface area contributed by atoms with Crippen LogP contribution in [0.15, 0.2) is 207 Å². The predicted molar refractivity (Wildman–Crippen MR) is 236 cm³/mol. The largest absolute Gasteiger partial charge is 0.310 e. The number of allylic oxidation sites excluding steroid dienone is 2. The standard InChI is InChI=1S/C52H36N4/c1-2-3-18-36-19-16-21-38(33-36)51-44-29-12-14-31-47(44)53-52(54-51)56-48-32-15-13-30-45(48)50-43-28-11-10-27-42(43)46(35-49(50)56)37-20-17-26-41(34-37)55(39-22-6-4-7-23-39)40-24-8-5-9-25-40/h2-35H,1H2/b18-3-. The maximum absolute atomic E-state index is 5.42. The number of benzene rings is 8. The van der Waals surface area contributed by atoms with Crippen LogP contribution < -0.4 is 4.90 Å². The lowest BCUT2D eigenvalue weighted by molar-refractivity contribution is 1.01. The van der Waals surface area contributed by atoms with E-state index in [1.54, 1.807) is 6.08 Å². The van der Waals surface area contributed by atoms with Gasteiger partial charge in [0, 0.05) is 38.8 Å². The quantitative estimate of drug-likeness (QED) is 0.147. The van der Waals surface area contributed by atoms with Crippen molar-refractivity contribution in [1.82, 2.24) is 14.5 Å². The highest BCUT2D eigenvalue weighted by atomic mass is 15.2. The van der Waals surface area contributed by atoms with Crippen LogP contribution in [0.4, 0.5) is 17.1 Å². The van der Waals surface area contributed by atoms with E-state index < -0.39 is 0 Å². The van der Waals surface area contributed by atoms with Gasteiger partial charge in [0.05, 0.1) is 22.2 Å². The van der Waals surface area contributed by atoms with Gasteiger partial charge in [-0.3, -0.25) is 4.57 Å². The SMILES string of the molecule is C=C/C=C\c1cccc(-c2nc(-n3c4ccccc4c4c5ccccc5c(-c5cccc(N(c6ccccc6)c6ccccc6)c5)cc43)nc3ccccc23)c1. The Morgan fingerprint density at radius 2 is 1.11 bits per heavy atom. The van der Waals surface area contributed by atoms with E-state index in [0.29, 0.717) is 5.95 Å². The zero-order chi connectivity index (χ0) is 37.4. The van der Waals surface area contributed by atoms with Crippen molar-refractivity contribution in [1.29, 1.82) is 0 Å². The highest BCUT2D eigenvalue weighted by Crippen LogP contribution is 2.43. The van der Waals surface area contributed by atoms with Crippen molar-refractivity contribution >= 4 is 66.6 Å². The van der Waals surface area contributed by atoms with E-state index in [9.17, 15) is 0 Å². The van der Waals surface area contributed by atoms with Crippen molar-refractivity contribution < 1.29 is 0 Å². The molecule has 0 bridgehead atoms. The zero-order valence-corrected chi connectivity index (χ0v) is 30.6. The van der Waals surface area contributed by atoms with Crippen molar-refractivity contribution in [3.63, 3.8) is 0 Å². The van der Waals surface area contributed by atoms with Gasteiger partial charge in [-0.05, 0) is 88.1 Å². The van der Waals surface area contributed by atoms with E-state index in [1.165, 1.54) is 16.2 Å². The van der Waals surface area contributed by atoms with Crippen LogP contribution in [0.5, 0.6) is 0 Å². The Bertz CT molecular complexity index is 3070. The molecule has 0 spiro atoms. The Kier molecular flexibility index (Phi) is 8.27. The molecule has 0 unspecified atom stereocenters. The van der Waals surface area contributed by atoms with Gasteiger partial charge in [0.25, 0.3) is 0 Å². The summed E-state index contributed by atoms with van der Waals surface area (Å²) in [5.41, 5.74) is 11.5. The van der Waals surface area contributed by atoms with Crippen LogP contribution in [0.3, 0.4) is 0 Å². The topological polar surface area (TPSA) is 34.0 Å². The maximum Gasteiger partial charge on any atom is 0.235 e. The molecule has 0 N–H and O–H groups in total. The van der Waals surface area contributed by atoms with E-state index in [2.05, 4.69) is 204 Å². The number of para-hydroxylation sites is 4. The normalized spacial score (nSPS) is 11.6. The molecule has 0 saturated carbocycles. The van der Waals surface area contributed by atoms with Crippen molar-refractivity contribution in [3.05, 3.63) is 212 Å². The number of hydrogen-bond donors (Lipinski definition) is 0. The Labute approximate surface area is 325 Å². The number of aromatic nitrogens is 3. The number of hydrogen-bond acceptors (Lipinski definition) is 3. The van der Waals surface area contributed by atoms with Gasteiger partial charge in [-0.15, -0.1) is 0 Å². The van der Waals surface area contributed by atoms with Crippen molar-refractivity contribution in [2.45, 2.75) is 0 Å². The number of fused-ring (bicyclic) bond motifs is 6. The molecular formula is C52H36N4. The van der Waals surface area contributed by atoms with Crippen LogP contribution in [0.1, 0.15) is 5.56 Å². The minimum atomic E-state index is 0.631. The molecule has 0 amide bonds. The summed E-state index contributed by atoms with van der Waals surface area (Å²) in [6.07, 6.45) is 5.82. The van der Waals surface area contributed by atoms with Gasteiger partial charge >= 0.3 is 0 Å². The fourth-order valence-corrected chi connectivity index (χ4v) is 8.05. The average molecular weight is 717 g/mol. The monoisotopic (exact) mass is 716 g/mol. The highest BCUT2D eigenvalue weighted by Gasteiger charge is 2.21. The Morgan fingerprint density at radius 3 is 1.88 bits per heavy atom. The van der Waals surface area contributed by atoms with Crippen LogP contribution in [-0.4, -0.2) is 14.5 Å². The van der Waals surface area contributed by atoms with Gasteiger partial charge in [0.1, 0.15) is 0 Å². The fourth-order valence-electron chi connectivity index (χ4n) is 8.05. The summed E-state index contributed by atoms with van der Waals surface area (Å²) in [7, 11) is 0. The Morgan fingerprint density at radius 1 is 0.482 bits per heavy atom. The van der Waals surface area contributed by atoms with E-state index in [4.69, 9.17) is 9.97 Å². The lowest BCUT2D eigenvalue weighted by Crippen LogP contribution is -2.09. The summed E-state index contributed by atoms with van der Waals surface area (Å²) in [6.45, 7) is 3.86. The van der Waals surface area contributed by atoms with Gasteiger partial charge < -0.3 is 4.90 Å². The molecule has 0 aliphatic carbocycles. The molecule has 2 heterocycles. The first-order chi connectivity index (χ1) is 27.7. The lowest BCUT2D eigenvalue weighted by atomic mass is 9.94. The molecule has 0 atom stereocenters. The summed E-state index contributed by atoms with van der Waals surface area (Å²) in [5.74, 6) is 0.631. The Hall–Kier alpha value is -7.56. The molecule has 0 aliphatic rings. The van der Waals surface area contributed by atoms with Crippen LogP contribution in [0.25, 0.3) is 77.9 Å². The Balaban J connectivity index is 1.24. The average Bonchev–Trinajstić information content (AvgIpc) is 3.60. The molecule has 0 fully saturated rings. The molecule has 10 aromatic rings. The summed E-state index contributed by atoms with van der Waals surface area (Å²) in [6, 6.07) is 66.5. The second kappa shape index (κ2) is 14.0. The molecule has 0 saturated heterocycles. The first-order valence-corrected chi connectivity index (χ1v) is 18.9. The zero-order valence-electron chi connectivity index (χ0n) is 30.6. The van der Waals surface area contributed by atoms with Crippen molar-refractivity contribution in [2.75, 3.05) is 4.90 Å². The summed E-state index contributed by atoms with van der Waals surface area (Å²) < 4.78 is 2.25. The van der Waals surface area contributed by atoms with Gasteiger partial charge in [0.2, 0.25) is 5.95 Å².